The molecule has 0 aromatic rings. The minimum atomic E-state index is 0.913. The maximum atomic E-state index is 5.22. The molecule has 1 heterocycles. The van der Waals surface area contributed by atoms with Crippen molar-refractivity contribution < 1.29 is 4.74 Å². The van der Waals surface area contributed by atoms with E-state index in [1.54, 1.807) is 0 Å². The van der Waals surface area contributed by atoms with Crippen LogP contribution in [0.2, 0.25) is 0 Å². The number of hydrogen-bond acceptors (Lipinski definition) is 2. The van der Waals surface area contributed by atoms with E-state index in [4.69, 9.17) is 4.74 Å². The van der Waals surface area contributed by atoms with Gasteiger partial charge in [-0.15, -0.1) is 0 Å². The standard InChI is InChI=1S/C6H13NO.C2H6/c1-7-3-2-5-8-6-4-7;1-2/h2-6H2,1H3;1-2H3. The molecule has 0 radical (unpaired) electrons. The van der Waals surface area contributed by atoms with E-state index in [0.717, 1.165) is 19.8 Å². The van der Waals surface area contributed by atoms with Gasteiger partial charge in [-0.25, -0.2) is 0 Å². The summed E-state index contributed by atoms with van der Waals surface area (Å²) in [4.78, 5) is 2.30. The molecule has 1 saturated heterocycles. The van der Waals surface area contributed by atoms with Gasteiger partial charge in [0.25, 0.3) is 0 Å². The van der Waals surface area contributed by atoms with Gasteiger partial charge in [0.15, 0.2) is 0 Å². The van der Waals surface area contributed by atoms with Crippen LogP contribution in [-0.2, 0) is 4.74 Å². The van der Waals surface area contributed by atoms with Crippen molar-refractivity contribution in [3.05, 3.63) is 0 Å². The summed E-state index contributed by atoms with van der Waals surface area (Å²) in [6.45, 7) is 8.15. The highest BCUT2D eigenvalue weighted by Crippen LogP contribution is 1.93. The molecule has 0 unspecified atom stereocenters. The lowest BCUT2D eigenvalue weighted by atomic mass is 10.4. The number of rotatable bonds is 0. The molecule has 0 atom stereocenters. The molecule has 0 bridgehead atoms. The fourth-order valence-corrected chi connectivity index (χ4v) is 0.871. The molecule has 1 aliphatic heterocycles. The second-order valence-corrected chi connectivity index (χ2v) is 2.27. The summed E-state index contributed by atoms with van der Waals surface area (Å²) in [6.07, 6.45) is 1.19. The van der Waals surface area contributed by atoms with Gasteiger partial charge >= 0.3 is 0 Å². The Kier molecular flexibility index (Phi) is 6.98. The smallest absolute Gasteiger partial charge is 0.0593 e. The summed E-state index contributed by atoms with van der Waals surface area (Å²) in [7, 11) is 2.13. The molecule has 62 valence electrons. The SMILES string of the molecule is CC.CN1CCCOCC1. The molecule has 1 aliphatic rings. The molecule has 1 fully saturated rings. The van der Waals surface area contributed by atoms with E-state index in [9.17, 15) is 0 Å². The Bertz CT molecular complexity index is 58.3. The lowest BCUT2D eigenvalue weighted by Gasteiger charge is -2.09. The third kappa shape index (κ3) is 4.77. The molecule has 10 heavy (non-hydrogen) atoms. The van der Waals surface area contributed by atoms with Gasteiger partial charge in [-0.1, -0.05) is 13.8 Å². The Labute approximate surface area is 64.2 Å². The minimum Gasteiger partial charge on any atom is -0.380 e. The normalized spacial score (nSPS) is 20.7. The summed E-state index contributed by atoms with van der Waals surface area (Å²) < 4.78 is 5.22. The summed E-state index contributed by atoms with van der Waals surface area (Å²) in [5, 5.41) is 0. The average Bonchev–Trinajstić information content (AvgIpc) is 2.21. The fourth-order valence-electron chi connectivity index (χ4n) is 0.871. The first-order valence-corrected chi connectivity index (χ1v) is 4.16. The molecule has 0 aliphatic carbocycles. The Hall–Kier alpha value is -0.0800. The number of hydrogen-bond donors (Lipinski definition) is 0. The van der Waals surface area contributed by atoms with E-state index in [0.29, 0.717) is 0 Å². The molecule has 0 amide bonds. The van der Waals surface area contributed by atoms with Crippen LogP contribution in [0.3, 0.4) is 0 Å². The van der Waals surface area contributed by atoms with E-state index in [-0.39, 0.29) is 0 Å². The van der Waals surface area contributed by atoms with Gasteiger partial charge in [0.2, 0.25) is 0 Å². The second kappa shape index (κ2) is 7.03. The van der Waals surface area contributed by atoms with E-state index in [1.165, 1.54) is 13.0 Å². The van der Waals surface area contributed by atoms with Gasteiger partial charge in [-0.2, -0.15) is 0 Å². The van der Waals surface area contributed by atoms with Crippen LogP contribution in [0.1, 0.15) is 20.3 Å². The summed E-state index contributed by atoms with van der Waals surface area (Å²) in [6, 6.07) is 0. The van der Waals surface area contributed by atoms with Crippen molar-refractivity contribution in [2.24, 2.45) is 0 Å². The van der Waals surface area contributed by atoms with Gasteiger partial charge in [-0.3, -0.25) is 0 Å². The maximum Gasteiger partial charge on any atom is 0.0593 e. The van der Waals surface area contributed by atoms with Crippen LogP contribution in [0.25, 0.3) is 0 Å². The molecule has 0 saturated carbocycles. The zero-order chi connectivity index (χ0) is 7.82. The van der Waals surface area contributed by atoms with Gasteiger partial charge in [0.05, 0.1) is 6.61 Å². The zero-order valence-corrected chi connectivity index (χ0v) is 7.39. The maximum absolute atomic E-state index is 5.22. The van der Waals surface area contributed by atoms with Crippen LogP contribution in [0.15, 0.2) is 0 Å². The average molecular weight is 145 g/mol. The van der Waals surface area contributed by atoms with Crippen molar-refractivity contribution >= 4 is 0 Å². The lowest BCUT2D eigenvalue weighted by molar-refractivity contribution is 0.144. The van der Waals surface area contributed by atoms with E-state index >= 15 is 0 Å². The lowest BCUT2D eigenvalue weighted by Crippen LogP contribution is -2.20. The number of ether oxygens (including phenoxy) is 1. The monoisotopic (exact) mass is 145 g/mol. The van der Waals surface area contributed by atoms with Crippen LogP contribution in [0.5, 0.6) is 0 Å². The van der Waals surface area contributed by atoms with Crippen LogP contribution >= 0.6 is 0 Å². The summed E-state index contributed by atoms with van der Waals surface area (Å²) in [5.41, 5.74) is 0. The second-order valence-electron chi connectivity index (χ2n) is 2.27. The molecule has 1 rings (SSSR count). The zero-order valence-electron chi connectivity index (χ0n) is 7.39. The third-order valence-corrected chi connectivity index (χ3v) is 1.45. The van der Waals surface area contributed by atoms with Crippen molar-refractivity contribution in [3.8, 4) is 0 Å². The van der Waals surface area contributed by atoms with E-state index < -0.39 is 0 Å². The summed E-state index contributed by atoms with van der Waals surface area (Å²) >= 11 is 0. The molecule has 2 nitrogen and oxygen atoms in total. The topological polar surface area (TPSA) is 12.5 Å². The van der Waals surface area contributed by atoms with Crippen LogP contribution in [0, 0.1) is 0 Å². The predicted molar refractivity (Wildman–Crippen MR) is 44.3 cm³/mol. The van der Waals surface area contributed by atoms with Crippen molar-refractivity contribution in [2.75, 3.05) is 33.4 Å². The quantitative estimate of drug-likeness (QED) is 0.510. The van der Waals surface area contributed by atoms with E-state index in [1.807, 2.05) is 13.8 Å². The predicted octanol–water partition coefficient (Wildman–Crippen LogP) is 1.36. The first kappa shape index (κ1) is 9.92. The molecular formula is C8H19NO. The van der Waals surface area contributed by atoms with Gasteiger partial charge in [-0.05, 0) is 13.5 Å². The Morgan fingerprint density at radius 1 is 1.10 bits per heavy atom. The summed E-state index contributed by atoms with van der Waals surface area (Å²) in [5.74, 6) is 0. The molecule has 0 N–H and O–H groups in total. The Balaban J connectivity index is 0.000000371. The van der Waals surface area contributed by atoms with Crippen LogP contribution in [-0.4, -0.2) is 38.3 Å². The highest BCUT2D eigenvalue weighted by atomic mass is 16.5. The van der Waals surface area contributed by atoms with Gasteiger partial charge in [0, 0.05) is 19.7 Å². The first-order chi connectivity index (χ1) is 4.89. The Morgan fingerprint density at radius 2 is 1.80 bits per heavy atom. The number of likely N-dealkylation sites (N-methyl/N-ethyl adjacent to an activating group) is 1. The van der Waals surface area contributed by atoms with Crippen LogP contribution in [0.4, 0.5) is 0 Å². The molecule has 0 aromatic carbocycles. The molecule has 0 aromatic heterocycles. The largest absolute Gasteiger partial charge is 0.380 e. The molecule has 0 spiro atoms. The van der Waals surface area contributed by atoms with E-state index in [2.05, 4.69) is 11.9 Å². The first-order valence-electron chi connectivity index (χ1n) is 4.16. The number of nitrogens with zero attached hydrogens (tertiary/aromatic N) is 1. The van der Waals surface area contributed by atoms with Gasteiger partial charge < -0.3 is 9.64 Å². The van der Waals surface area contributed by atoms with Crippen molar-refractivity contribution in [1.82, 2.24) is 4.90 Å². The van der Waals surface area contributed by atoms with Crippen molar-refractivity contribution in [3.63, 3.8) is 0 Å². The fraction of sp³-hybridized carbons (Fsp3) is 1.00. The van der Waals surface area contributed by atoms with Crippen molar-refractivity contribution in [1.29, 1.82) is 0 Å². The minimum absolute atomic E-state index is 0.913. The highest BCUT2D eigenvalue weighted by Gasteiger charge is 2.01. The third-order valence-electron chi connectivity index (χ3n) is 1.45. The molecule has 2 heteroatoms. The van der Waals surface area contributed by atoms with Crippen molar-refractivity contribution in [2.45, 2.75) is 20.3 Å². The highest BCUT2D eigenvalue weighted by molar-refractivity contribution is 4.53. The van der Waals surface area contributed by atoms with Gasteiger partial charge in [0.1, 0.15) is 0 Å². The van der Waals surface area contributed by atoms with Crippen LogP contribution < -0.4 is 0 Å². The Morgan fingerprint density at radius 3 is 2.50 bits per heavy atom. The molecular weight excluding hydrogens is 126 g/mol.